The first kappa shape index (κ1) is 30.1. The molecule has 2 fully saturated rings. The molecule has 2 aliphatic rings. The number of ether oxygens (including phenoxy) is 1. The second kappa shape index (κ2) is 27.2. The lowest BCUT2D eigenvalue weighted by molar-refractivity contribution is 0.425. The Morgan fingerprint density at radius 2 is 1.00 bits per heavy atom. The fourth-order valence-corrected chi connectivity index (χ4v) is 3.63. The van der Waals surface area contributed by atoms with Gasteiger partial charge in [-0.2, -0.15) is 0 Å². The van der Waals surface area contributed by atoms with Gasteiger partial charge in [0.15, 0.2) is 0 Å². The van der Waals surface area contributed by atoms with Crippen molar-refractivity contribution in [1.82, 2.24) is 10.6 Å². The van der Waals surface area contributed by atoms with Gasteiger partial charge in [-0.25, -0.2) is 0 Å². The summed E-state index contributed by atoms with van der Waals surface area (Å²) in [5.74, 6) is 0.667. The Labute approximate surface area is 193 Å². The molecule has 0 bridgehead atoms. The molecule has 1 unspecified atom stereocenters. The number of piperazine rings is 1. The van der Waals surface area contributed by atoms with Gasteiger partial charge in [-0.15, -0.1) is 11.6 Å². The van der Waals surface area contributed by atoms with E-state index in [9.17, 15) is 0 Å². The van der Waals surface area contributed by atoms with Crippen molar-refractivity contribution in [2.75, 3.05) is 45.2 Å². The van der Waals surface area contributed by atoms with E-state index in [0.29, 0.717) is 12.0 Å². The van der Waals surface area contributed by atoms with E-state index in [1.54, 1.807) is 0 Å². The van der Waals surface area contributed by atoms with Crippen LogP contribution in [0.4, 0.5) is 0 Å². The number of alkyl halides is 1. The molecule has 0 aliphatic carbocycles. The highest BCUT2D eigenvalue weighted by Crippen LogP contribution is 2.13. The molecule has 4 N–H and O–H groups in total. The molecule has 0 aromatic carbocycles. The van der Waals surface area contributed by atoms with E-state index >= 15 is 0 Å². The van der Waals surface area contributed by atoms with Gasteiger partial charge in [0.2, 0.25) is 0 Å². The minimum Gasteiger partial charge on any atom is -0.372 e. The first-order chi connectivity index (χ1) is 14.8. The molecule has 5 heteroatoms. The van der Waals surface area contributed by atoms with Gasteiger partial charge in [-0.05, 0) is 13.0 Å². The Morgan fingerprint density at radius 3 is 1.20 bits per heavy atom. The minimum absolute atomic E-state index is 0.400. The number of halogens is 1. The van der Waals surface area contributed by atoms with Gasteiger partial charge < -0.3 is 21.1 Å². The fraction of sp³-hybridized carbons (Fsp3) is 1.00. The van der Waals surface area contributed by atoms with E-state index in [1.165, 1.54) is 103 Å². The molecule has 4 nitrogen and oxygen atoms in total. The second-order valence-corrected chi connectivity index (χ2v) is 9.01. The van der Waals surface area contributed by atoms with E-state index < -0.39 is 0 Å². The van der Waals surface area contributed by atoms with Gasteiger partial charge in [0, 0.05) is 26.2 Å². The number of hydrogen-bond acceptors (Lipinski definition) is 4. The number of hydrogen-bond donors (Lipinski definition) is 3. The van der Waals surface area contributed by atoms with Crippen LogP contribution in [0.2, 0.25) is 0 Å². The van der Waals surface area contributed by atoms with Crippen molar-refractivity contribution in [1.29, 1.82) is 0 Å². The molecule has 2 saturated heterocycles. The zero-order valence-electron chi connectivity index (χ0n) is 20.2. The van der Waals surface area contributed by atoms with Crippen molar-refractivity contribution in [2.24, 2.45) is 5.73 Å². The van der Waals surface area contributed by atoms with Crippen LogP contribution >= 0.6 is 11.6 Å². The highest BCUT2D eigenvalue weighted by Gasteiger charge is 2.19. The van der Waals surface area contributed by atoms with E-state index in [2.05, 4.69) is 17.6 Å². The smallest absolute Gasteiger partial charge is 0.0944 e. The number of rotatable bonds is 17. The monoisotopic (exact) mass is 447 g/mol. The Kier molecular flexibility index (Phi) is 27.3. The van der Waals surface area contributed by atoms with E-state index in [1.807, 2.05) is 0 Å². The molecule has 0 amide bonds. The summed E-state index contributed by atoms with van der Waals surface area (Å²) < 4.78 is 4.73. The summed E-state index contributed by atoms with van der Waals surface area (Å²) in [6, 6.07) is 0. The molecule has 0 radical (unpaired) electrons. The third-order valence-electron chi connectivity index (χ3n) is 5.59. The Hall–Kier alpha value is 0.130. The molecule has 0 aromatic heterocycles. The fourth-order valence-electron chi connectivity index (χ4n) is 3.45. The van der Waals surface area contributed by atoms with E-state index in [0.717, 1.165) is 39.3 Å². The SMILES string of the molecule is C1CNCCN1.CCCCCCCCCCCCCCCCCCN.ClCC1CO1. The third kappa shape index (κ3) is 28.1. The summed E-state index contributed by atoms with van der Waals surface area (Å²) in [6.45, 7) is 8.60. The highest BCUT2D eigenvalue weighted by atomic mass is 35.5. The molecule has 30 heavy (non-hydrogen) atoms. The van der Waals surface area contributed by atoms with Gasteiger partial charge >= 0.3 is 0 Å². The van der Waals surface area contributed by atoms with Crippen LogP contribution in [0.25, 0.3) is 0 Å². The zero-order chi connectivity index (χ0) is 22.0. The second-order valence-electron chi connectivity index (χ2n) is 8.70. The molecule has 0 aromatic rings. The molecular formula is C25H54ClN3O. The number of unbranched alkanes of at least 4 members (excludes halogenated alkanes) is 15. The molecule has 0 spiro atoms. The molecule has 182 valence electrons. The maximum absolute atomic E-state index is 5.48. The summed E-state index contributed by atoms with van der Waals surface area (Å²) in [6.07, 6.45) is 23.3. The first-order valence-electron chi connectivity index (χ1n) is 13.1. The normalized spacial score (nSPS) is 17.5. The van der Waals surface area contributed by atoms with E-state index in [4.69, 9.17) is 22.1 Å². The van der Waals surface area contributed by atoms with Crippen LogP contribution in [0.3, 0.4) is 0 Å². The summed E-state index contributed by atoms with van der Waals surface area (Å²) >= 11 is 5.27. The van der Waals surface area contributed by atoms with Crippen LogP contribution in [0.15, 0.2) is 0 Å². The zero-order valence-corrected chi connectivity index (χ0v) is 21.0. The molecule has 1 atom stereocenters. The lowest BCUT2D eigenvalue weighted by Crippen LogP contribution is -2.39. The van der Waals surface area contributed by atoms with Gasteiger partial charge in [0.25, 0.3) is 0 Å². The lowest BCUT2D eigenvalue weighted by Gasteiger charge is -2.11. The van der Waals surface area contributed by atoms with Crippen molar-refractivity contribution >= 4 is 11.6 Å². The Bertz CT molecular complexity index is 273. The largest absolute Gasteiger partial charge is 0.372 e. The van der Waals surface area contributed by atoms with Crippen molar-refractivity contribution in [3.05, 3.63) is 0 Å². The maximum Gasteiger partial charge on any atom is 0.0944 e. The topological polar surface area (TPSA) is 62.6 Å². The maximum atomic E-state index is 5.48. The van der Waals surface area contributed by atoms with Crippen LogP contribution in [-0.4, -0.2) is 51.3 Å². The number of epoxide rings is 1. The first-order valence-corrected chi connectivity index (χ1v) is 13.7. The molecule has 0 saturated carbocycles. The van der Waals surface area contributed by atoms with Gasteiger partial charge in [-0.1, -0.05) is 103 Å². The molecular weight excluding hydrogens is 394 g/mol. The van der Waals surface area contributed by atoms with Crippen molar-refractivity contribution in [3.8, 4) is 0 Å². The standard InChI is InChI=1S/C18H39N.C4H10N2.C3H5ClO/c1-2-3-4-5-6-7-8-9-10-11-12-13-14-15-16-17-18-19;1-2-6-4-3-5-1;4-1-3-2-5-3/h2-19H2,1H3;5-6H,1-4H2;3H,1-2H2. The van der Waals surface area contributed by atoms with Crippen molar-refractivity contribution in [2.45, 2.75) is 116 Å². The van der Waals surface area contributed by atoms with Gasteiger partial charge in [0.1, 0.15) is 0 Å². The van der Waals surface area contributed by atoms with E-state index in [-0.39, 0.29) is 0 Å². The Morgan fingerprint density at radius 1 is 0.667 bits per heavy atom. The Balaban J connectivity index is 0.000000605. The molecule has 2 rings (SSSR count). The summed E-state index contributed by atoms with van der Waals surface area (Å²) in [7, 11) is 0. The minimum atomic E-state index is 0.400. The van der Waals surface area contributed by atoms with Crippen LogP contribution in [-0.2, 0) is 4.74 Å². The molecule has 2 aliphatic heterocycles. The van der Waals surface area contributed by atoms with Crippen molar-refractivity contribution < 1.29 is 4.74 Å². The predicted octanol–water partition coefficient (Wildman–Crippen LogP) is 6.01. The van der Waals surface area contributed by atoms with Crippen LogP contribution in [0, 0.1) is 0 Å². The van der Waals surface area contributed by atoms with Crippen LogP contribution < -0.4 is 16.4 Å². The quantitative estimate of drug-likeness (QED) is 0.145. The molecule has 2 heterocycles. The van der Waals surface area contributed by atoms with Gasteiger partial charge in [0.05, 0.1) is 18.6 Å². The van der Waals surface area contributed by atoms with Crippen LogP contribution in [0.5, 0.6) is 0 Å². The van der Waals surface area contributed by atoms with Crippen molar-refractivity contribution in [3.63, 3.8) is 0 Å². The highest BCUT2D eigenvalue weighted by molar-refractivity contribution is 6.18. The average molecular weight is 448 g/mol. The third-order valence-corrected chi connectivity index (χ3v) is 5.93. The number of nitrogens with two attached hydrogens (primary N) is 1. The van der Waals surface area contributed by atoms with Gasteiger partial charge in [-0.3, -0.25) is 0 Å². The summed E-state index contributed by atoms with van der Waals surface area (Å²) in [5, 5.41) is 6.44. The van der Waals surface area contributed by atoms with Crippen LogP contribution in [0.1, 0.15) is 110 Å². The average Bonchev–Trinajstić information content (AvgIpc) is 3.63. The summed E-state index contributed by atoms with van der Waals surface area (Å²) in [5.41, 5.74) is 5.48. The summed E-state index contributed by atoms with van der Waals surface area (Å²) in [4.78, 5) is 0. The number of nitrogens with one attached hydrogen (secondary N) is 2. The lowest BCUT2D eigenvalue weighted by atomic mass is 10.0. The predicted molar refractivity (Wildman–Crippen MR) is 135 cm³/mol.